The van der Waals surface area contributed by atoms with Crippen LogP contribution in [0.1, 0.15) is 24.2 Å². The van der Waals surface area contributed by atoms with Crippen molar-refractivity contribution < 1.29 is 31.1 Å². The Hall–Kier alpha value is -2.83. The van der Waals surface area contributed by atoms with Crippen LogP contribution in [0.4, 0.5) is 32.0 Å². The number of fused-ring (bicyclic) bond motifs is 2. The number of aromatic nitrogens is 2. The highest BCUT2D eigenvalue weighted by molar-refractivity contribution is 6.29. The molecule has 14 heteroatoms. The van der Waals surface area contributed by atoms with Gasteiger partial charge < -0.3 is 9.64 Å². The molecule has 1 unspecified atom stereocenters. The first kappa shape index (κ1) is 26.2. The van der Waals surface area contributed by atoms with Crippen molar-refractivity contribution in [2.45, 2.75) is 38.2 Å². The quantitative estimate of drug-likeness (QED) is 0.289. The van der Waals surface area contributed by atoms with Crippen molar-refractivity contribution in [2.75, 3.05) is 31.6 Å². The van der Waals surface area contributed by atoms with E-state index >= 15 is 0 Å². The van der Waals surface area contributed by atoms with Crippen LogP contribution < -0.4 is 15.1 Å². The minimum absolute atomic E-state index is 0.0290. The second-order valence-electron chi connectivity index (χ2n) is 8.83. The van der Waals surface area contributed by atoms with Crippen LogP contribution in [0.5, 0.6) is 5.75 Å². The van der Waals surface area contributed by atoms with E-state index in [0.717, 1.165) is 37.3 Å². The topological polar surface area (TPSA) is 67.4 Å². The van der Waals surface area contributed by atoms with Crippen molar-refractivity contribution >= 4 is 17.3 Å². The van der Waals surface area contributed by atoms with Crippen LogP contribution in [-0.4, -0.2) is 48.6 Å². The number of aryl methyl sites for hydroxylation is 1. The zero-order chi connectivity index (χ0) is 26.3. The number of pyridine rings is 2. The molecule has 1 aliphatic heterocycles. The van der Waals surface area contributed by atoms with Crippen molar-refractivity contribution in [3.05, 3.63) is 46.3 Å². The Labute approximate surface area is 207 Å². The standard InChI is InChI=1S/C22H23ClF6N6O/c1-12-7-15(8-18(23)31-12)34-9-13-3-4-14(10-34)19(13)32-33-35-17(22(27,28)29)6-5-16(20(35)30-2)36-11-21(24,25)26/h5-8,13-14,19H,3-4,9-11H2,1-2H3/t13-,14+,19?. The molecule has 3 atom stereocenters. The van der Waals surface area contributed by atoms with Crippen molar-refractivity contribution in [2.24, 2.45) is 27.2 Å². The molecule has 1 aliphatic carbocycles. The van der Waals surface area contributed by atoms with Crippen LogP contribution in [0.2, 0.25) is 5.15 Å². The van der Waals surface area contributed by atoms with Gasteiger partial charge in [0, 0.05) is 43.4 Å². The molecule has 0 aromatic carbocycles. The minimum Gasteiger partial charge on any atom is -0.480 e. The first-order valence-corrected chi connectivity index (χ1v) is 11.5. The normalized spacial score (nSPS) is 23.1. The average Bonchev–Trinajstić information content (AvgIpc) is 3.00. The maximum absolute atomic E-state index is 13.7. The number of ether oxygens (including phenoxy) is 1. The first-order valence-electron chi connectivity index (χ1n) is 11.1. The Kier molecular flexibility index (Phi) is 7.22. The lowest BCUT2D eigenvalue weighted by molar-refractivity contribution is -0.154. The van der Waals surface area contributed by atoms with Crippen molar-refractivity contribution in [3.63, 3.8) is 0 Å². The van der Waals surface area contributed by atoms with Crippen LogP contribution in [0.25, 0.3) is 0 Å². The molecule has 1 saturated heterocycles. The van der Waals surface area contributed by atoms with Gasteiger partial charge in [-0.15, -0.1) is 0 Å². The molecule has 2 aromatic heterocycles. The lowest BCUT2D eigenvalue weighted by atomic mass is 9.92. The molecule has 2 aliphatic rings. The summed E-state index contributed by atoms with van der Waals surface area (Å²) in [7, 11) is 1.14. The molecule has 2 bridgehead atoms. The van der Waals surface area contributed by atoms with Gasteiger partial charge in [0.05, 0.1) is 6.04 Å². The van der Waals surface area contributed by atoms with Gasteiger partial charge >= 0.3 is 12.4 Å². The zero-order valence-electron chi connectivity index (χ0n) is 19.3. The first-order chi connectivity index (χ1) is 16.9. The smallest absolute Gasteiger partial charge is 0.433 e. The molecule has 0 amide bonds. The van der Waals surface area contributed by atoms with Crippen molar-refractivity contribution in [3.8, 4) is 5.75 Å². The molecule has 0 radical (unpaired) electrons. The van der Waals surface area contributed by atoms with Gasteiger partial charge in [0.2, 0.25) is 0 Å². The SMILES string of the molecule is CN=c1c(OCC(F)(F)F)ccc(C(F)(F)F)n1N=NC1[C@@H]2CC[C@H]1CN(c1cc(C)nc(Cl)c1)C2. The molecule has 0 N–H and O–H groups in total. The van der Waals surface area contributed by atoms with Gasteiger partial charge in [-0.1, -0.05) is 16.8 Å². The molecular formula is C22H23ClF6N6O. The van der Waals surface area contributed by atoms with Crippen LogP contribution >= 0.6 is 11.6 Å². The largest absolute Gasteiger partial charge is 0.480 e. The van der Waals surface area contributed by atoms with E-state index in [2.05, 4.69) is 25.2 Å². The third-order valence-corrected chi connectivity index (χ3v) is 6.46. The van der Waals surface area contributed by atoms with Gasteiger partial charge in [0.1, 0.15) is 10.8 Å². The number of anilines is 1. The van der Waals surface area contributed by atoms with Crippen LogP contribution in [0, 0.1) is 18.8 Å². The van der Waals surface area contributed by atoms with E-state index in [1.165, 1.54) is 0 Å². The fraction of sp³-hybridized carbons (Fsp3) is 0.545. The molecule has 36 heavy (non-hydrogen) atoms. The summed E-state index contributed by atoms with van der Waals surface area (Å²) < 4.78 is 84.1. The van der Waals surface area contributed by atoms with E-state index in [-0.39, 0.29) is 17.9 Å². The summed E-state index contributed by atoms with van der Waals surface area (Å²) in [6.45, 7) is 1.37. The van der Waals surface area contributed by atoms with E-state index < -0.39 is 35.9 Å². The van der Waals surface area contributed by atoms with Gasteiger partial charge in [-0.2, -0.15) is 36.1 Å². The van der Waals surface area contributed by atoms with E-state index in [9.17, 15) is 26.3 Å². The summed E-state index contributed by atoms with van der Waals surface area (Å²) in [6.07, 6.45) is -7.88. The number of piperidine rings is 1. The predicted octanol–water partition coefficient (Wildman–Crippen LogP) is 5.47. The second-order valence-corrected chi connectivity index (χ2v) is 9.22. The molecule has 196 valence electrons. The number of hydrogen-bond donors (Lipinski definition) is 0. The summed E-state index contributed by atoms with van der Waals surface area (Å²) in [4.78, 5) is 10.0. The molecule has 2 fully saturated rings. The summed E-state index contributed by atoms with van der Waals surface area (Å²) >= 11 is 6.10. The van der Waals surface area contributed by atoms with Crippen molar-refractivity contribution in [1.29, 1.82) is 0 Å². The van der Waals surface area contributed by atoms with Crippen LogP contribution in [-0.2, 0) is 6.18 Å². The number of nitrogens with zero attached hydrogens (tertiary/aromatic N) is 6. The third-order valence-electron chi connectivity index (χ3n) is 6.27. The molecule has 3 heterocycles. The van der Waals surface area contributed by atoms with Crippen LogP contribution in [0.3, 0.4) is 0 Å². The number of halogens is 7. The van der Waals surface area contributed by atoms with Crippen LogP contribution in [0.15, 0.2) is 39.6 Å². The fourth-order valence-corrected chi connectivity index (χ4v) is 5.04. The molecule has 0 spiro atoms. The second kappa shape index (κ2) is 9.91. The Bertz CT molecular complexity index is 1180. The zero-order valence-corrected chi connectivity index (χ0v) is 20.1. The highest BCUT2D eigenvalue weighted by Crippen LogP contribution is 2.41. The van der Waals surface area contributed by atoms with Gasteiger partial charge in [0.15, 0.2) is 17.8 Å². The summed E-state index contributed by atoms with van der Waals surface area (Å²) in [6, 6.07) is 4.74. The van der Waals surface area contributed by atoms with E-state index in [4.69, 9.17) is 16.3 Å². The minimum atomic E-state index is -4.85. The predicted molar refractivity (Wildman–Crippen MR) is 119 cm³/mol. The maximum atomic E-state index is 13.7. The summed E-state index contributed by atoms with van der Waals surface area (Å²) in [5.74, 6) is -0.424. The molecule has 4 rings (SSSR count). The Morgan fingerprint density at radius 3 is 2.31 bits per heavy atom. The molecular weight excluding hydrogens is 514 g/mol. The van der Waals surface area contributed by atoms with E-state index in [1.807, 2.05) is 13.0 Å². The molecule has 7 nitrogen and oxygen atoms in total. The highest BCUT2D eigenvalue weighted by atomic mass is 35.5. The monoisotopic (exact) mass is 536 g/mol. The maximum Gasteiger partial charge on any atom is 0.433 e. The Morgan fingerprint density at radius 1 is 1.08 bits per heavy atom. The third kappa shape index (κ3) is 5.76. The fourth-order valence-electron chi connectivity index (χ4n) is 4.80. The molecule has 1 saturated carbocycles. The van der Waals surface area contributed by atoms with Gasteiger partial charge in [-0.3, -0.25) is 4.99 Å². The lowest BCUT2D eigenvalue weighted by Crippen LogP contribution is -2.44. The average molecular weight is 537 g/mol. The molecule has 2 aromatic rings. The Morgan fingerprint density at radius 2 is 1.75 bits per heavy atom. The van der Waals surface area contributed by atoms with E-state index in [1.54, 1.807) is 6.07 Å². The highest BCUT2D eigenvalue weighted by Gasteiger charge is 2.43. The number of hydrogen-bond acceptors (Lipinski definition) is 6. The lowest BCUT2D eigenvalue weighted by Gasteiger charge is -2.37. The Balaban J connectivity index is 1.63. The van der Waals surface area contributed by atoms with Crippen molar-refractivity contribution in [1.82, 2.24) is 9.66 Å². The van der Waals surface area contributed by atoms with Gasteiger partial charge in [0.25, 0.3) is 0 Å². The summed E-state index contributed by atoms with van der Waals surface area (Å²) in [5, 5.41) is 8.49. The summed E-state index contributed by atoms with van der Waals surface area (Å²) in [5.41, 5.74) is -0.0521. The van der Waals surface area contributed by atoms with Gasteiger partial charge in [-0.05, 0) is 44.0 Å². The van der Waals surface area contributed by atoms with E-state index in [0.29, 0.717) is 29.0 Å². The van der Waals surface area contributed by atoms with Gasteiger partial charge in [-0.25, -0.2) is 4.98 Å². The number of rotatable bonds is 5. The number of alkyl halides is 6.